The molecule has 1 aliphatic rings. The van der Waals surface area contributed by atoms with E-state index in [9.17, 15) is 9.59 Å². The maximum atomic E-state index is 12.2. The molecule has 120 valence electrons. The van der Waals surface area contributed by atoms with Gasteiger partial charge in [0.05, 0.1) is 0 Å². The number of fused-ring (bicyclic) bond motifs is 1. The van der Waals surface area contributed by atoms with E-state index in [1.54, 1.807) is 11.8 Å². The first kappa shape index (κ1) is 17.0. The van der Waals surface area contributed by atoms with E-state index >= 15 is 0 Å². The zero-order valence-corrected chi connectivity index (χ0v) is 15.2. The van der Waals surface area contributed by atoms with Gasteiger partial charge in [-0.15, -0.1) is 0 Å². The van der Waals surface area contributed by atoms with E-state index in [2.05, 4.69) is 28.9 Å². The predicted octanol–water partition coefficient (Wildman–Crippen LogP) is 3.33. The second-order valence-electron chi connectivity index (χ2n) is 6.25. The van der Waals surface area contributed by atoms with Crippen LogP contribution in [0.5, 0.6) is 0 Å². The van der Waals surface area contributed by atoms with Gasteiger partial charge in [-0.2, -0.15) is 0 Å². The van der Waals surface area contributed by atoms with E-state index in [-0.39, 0.29) is 17.2 Å². The third-order valence-corrected chi connectivity index (χ3v) is 5.04. The fourth-order valence-corrected chi connectivity index (χ4v) is 3.31. The Balaban J connectivity index is 2.31. The Morgan fingerprint density at radius 1 is 1.41 bits per heavy atom. The monoisotopic (exact) mass is 366 g/mol. The number of carbonyl (C=O) groups excluding carboxylic acids is 2. The van der Waals surface area contributed by atoms with Gasteiger partial charge in [-0.1, -0.05) is 29.8 Å². The Morgan fingerprint density at radius 3 is 2.68 bits per heavy atom. The topological polar surface area (TPSA) is 40.6 Å². The van der Waals surface area contributed by atoms with Gasteiger partial charge < -0.3 is 9.80 Å². The molecule has 0 N–H and O–H groups in total. The lowest BCUT2D eigenvalue weighted by Crippen LogP contribution is -2.37. The minimum Gasteiger partial charge on any atom is -0.346 e. The van der Waals surface area contributed by atoms with Gasteiger partial charge in [-0.3, -0.25) is 9.59 Å². The molecule has 5 heteroatoms. The summed E-state index contributed by atoms with van der Waals surface area (Å²) in [5.74, 6) is 0.213. The first-order valence-corrected chi connectivity index (χ1v) is 8.40. The van der Waals surface area contributed by atoms with Crippen LogP contribution in [0.25, 0.3) is 0 Å². The van der Waals surface area contributed by atoms with Gasteiger partial charge in [-0.25, -0.2) is 0 Å². The second kappa shape index (κ2) is 6.41. The molecule has 0 aliphatic carbocycles. The van der Waals surface area contributed by atoms with Crippen molar-refractivity contribution in [2.45, 2.75) is 39.0 Å². The fraction of sp³-hybridized carbons (Fsp3) is 0.529. The largest absolute Gasteiger partial charge is 0.346 e. The first-order valence-electron chi connectivity index (χ1n) is 7.60. The second-order valence-corrected chi connectivity index (χ2v) is 7.16. The summed E-state index contributed by atoms with van der Waals surface area (Å²) in [6, 6.07) is 6.08. The molecule has 22 heavy (non-hydrogen) atoms. The number of anilines is 1. The molecule has 2 rings (SSSR count). The van der Waals surface area contributed by atoms with Crippen molar-refractivity contribution < 1.29 is 9.59 Å². The van der Waals surface area contributed by atoms with Crippen molar-refractivity contribution in [1.29, 1.82) is 0 Å². The maximum absolute atomic E-state index is 12.2. The van der Waals surface area contributed by atoms with Crippen LogP contribution in [0.2, 0.25) is 0 Å². The van der Waals surface area contributed by atoms with Gasteiger partial charge in [0.25, 0.3) is 0 Å². The molecular formula is C17H23BrN2O2. The summed E-state index contributed by atoms with van der Waals surface area (Å²) in [5.41, 5.74) is 2.05. The highest BCUT2D eigenvalue weighted by atomic mass is 79.9. The average molecular weight is 367 g/mol. The van der Waals surface area contributed by atoms with Gasteiger partial charge in [0.2, 0.25) is 11.8 Å². The number of hydrogen-bond donors (Lipinski definition) is 0. The van der Waals surface area contributed by atoms with Crippen molar-refractivity contribution in [1.82, 2.24) is 4.90 Å². The van der Waals surface area contributed by atoms with Crippen molar-refractivity contribution in [3.8, 4) is 0 Å². The van der Waals surface area contributed by atoms with E-state index in [4.69, 9.17) is 0 Å². The molecule has 0 spiro atoms. The minimum absolute atomic E-state index is 0.0672. The van der Waals surface area contributed by atoms with Crippen LogP contribution in [0.3, 0.4) is 0 Å². The Labute approximate surface area is 140 Å². The fourth-order valence-electron chi connectivity index (χ4n) is 2.95. The highest BCUT2D eigenvalue weighted by Crippen LogP contribution is 2.44. The highest BCUT2D eigenvalue weighted by molar-refractivity contribution is 9.10. The van der Waals surface area contributed by atoms with Crippen molar-refractivity contribution in [3.63, 3.8) is 0 Å². The average Bonchev–Trinajstić information content (AvgIpc) is 2.77. The number of carbonyl (C=O) groups is 2. The van der Waals surface area contributed by atoms with E-state index < -0.39 is 0 Å². The van der Waals surface area contributed by atoms with Gasteiger partial charge in [-0.05, 0) is 30.2 Å². The predicted molar refractivity (Wildman–Crippen MR) is 92.1 cm³/mol. The summed E-state index contributed by atoms with van der Waals surface area (Å²) >= 11 is 3.53. The van der Waals surface area contributed by atoms with Gasteiger partial charge >= 0.3 is 0 Å². The van der Waals surface area contributed by atoms with Crippen molar-refractivity contribution >= 4 is 33.4 Å². The van der Waals surface area contributed by atoms with E-state index in [0.717, 1.165) is 16.6 Å². The smallest absolute Gasteiger partial charge is 0.226 e. The number of hydrogen-bond acceptors (Lipinski definition) is 2. The quantitative estimate of drug-likeness (QED) is 0.819. The molecule has 1 aromatic rings. The summed E-state index contributed by atoms with van der Waals surface area (Å²) in [6.07, 6.45) is 1.33. The number of nitrogens with zero attached hydrogens (tertiary/aromatic N) is 2. The van der Waals surface area contributed by atoms with Gasteiger partial charge in [0, 0.05) is 49.1 Å². The zero-order valence-electron chi connectivity index (χ0n) is 13.6. The highest BCUT2D eigenvalue weighted by Gasteiger charge is 2.40. The first-order chi connectivity index (χ1) is 10.3. The number of halogens is 1. The Hall–Kier alpha value is -1.36. The Morgan fingerprint density at radius 2 is 2.09 bits per heavy atom. The summed E-state index contributed by atoms with van der Waals surface area (Å²) < 4.78 is 1.02. The molecular weight excluding hydrogens is 344 g/mol. The van der Waals surface area contributed by atoms with E-state index in [1.807, 2.05) is 31.0 Å². The SMILES string of the molecule is CCC(=O)N1CC(C)(CCN(C)C(C)=O)c2cc(Br)ccc21. The molecule has 0 saturated heterocycles. The Kier molecular flexibility index (Phi) is 4.95. The summed E-state index contributed by atoms with van der Waals surface area (Å²) in [5, 5.41) is 0. The normalized spacial score (nSPS) is 20.0. The van der Waals surface area contributed by atoms with Gasteiger partial charge in [0.15, 0.2) is 0 Å². The molecule has 0 aromatic heterocycles. The molecule has 0 saturated carbocycles. The molecule has 1 aliphatic heterocycles. The summed E-state index contributed by atoms with van der Waals surface area (Å²) in [4.78, 5) is 27.3. The molecule has 1 heterocycles. The van der Waals surface area contributed by atoms with Crippen LogP contribution >= 0.6 is 15.9 Å². The van der Waals surface area contributed by atoms with Crippen LogP contribution in [-0.2, 0) is 15.0 Å². The maximum Gasteiger partial charge on any atom is 0.226 e. The molecule has 0 fully saturated rings. The zero-order chi connectivity index (χ0) is 16.5. The van der Waals surface area contributed by atoms with Crippen LogP contribution in [0.1, 0.15) is 39.2 Å². The van der Waals surface area contributed by atoms with Gasteiger partial charge in [0.1, 0.15) is 0 Å². The van der Waals surface area contributed by atoms with Crippen molar-refractivity contribution in [2.75, 3.05) is 25.0 Å². The molecule has 1 atom stereocenters. The molecule has 0 bridgehead atoms. The summed E-state index contributed by atoms with van der Waals surface area (Å²) in [6.45, 7) is 7.01. The Bertz CT molecular complexity index is 602. The molecule has 0 radical (unpaired) electrons. The third kappa shape index (κ3) is 3.19. The molecule has 4 nitrogen and oxygen atoms in total. The lowest BCUT2D eigenvalue weighted by Gasteiger charge is -2.28. The van der Waals surface area contributed by atoms with E-state index in [0.29, 0.717) is 19.5 Å². The minimum atomic E-state index is -0.131. The van der Waals surface area contributed by atoms with E-state index in [1.165, 1.54) is 5.56 Å². The van der Waals surface area contributed by atoms with Crippen LogP contribution in [0, 0.1) is 0 Å². The van der Waals surface area contributed by atoms with Crippen molar-refractivity contribution in [3.05, 3.63) is 28.2 Å². The molecule has 2 amide bonds. The standard InChI is InChI=1S/C17H23BrN2O2/c1-5-16(22)20-11-17(3,8-9-19(4)12(2)21)14-10-13(18)6-7-15(14)20/h6-7,10H,5,8-9,11H2,1-4H3. The van der Waals surface area contributed by atoms with Crippen LogP contribution in [0.4, 0.5) is 5.69 Å². The number of amides is 2. The number of rotatable bonds is 4. The molecule has 1 unspecified atom stereocenters. The van der Waals surface area contributed by atoms with Crippen LogP contribution in [-0.4, -0.2) is 36.9 Å². The van der Waals surface area contributed by atoms with Crippen LogP contribution < -0.4 is 4.90 Å². The van der Waals surface area contributed by atoms with Crippen LogP contribution in [0.15, 0.2) is 22.7 Å². The third-order valence-electron chi connectivity index (χ3n) is 4.55. The number of benzene rings is 1. The lowest BCUT2D eigenvalue weighted by molar-refractivity contribution is -0.127. The molecule has 1 aromatic carbocycles. The summed E-state index contributed by atoms with van der Waals surface area (Å²) in [7, 11) is 1.82. The van der Waals surface area contributed by atoms with Crippen molar-refractivity contribution in [2.24, 2.45) is 0 Å². The lowest BCUT2D eigenvalue weighted by atomic mass is 9.81.